The maximum atomic E-state index is 14.4. The molecular formula is C36H45N5O9. The second-order valence-corrected chi connectivity index (χ2v) is 13.5. The van der Waals surface area contributed by atoms with Gasteiger partial charge in [0.15, 0.2) is 11.9 Å². The molecule has 2 aliphatic heterocycles. The van der Waals surface area contributed by atoms with Crippen LogP contribution in [0.5, 0.6) is 5.75 Å². The monoisotopic (exact) mass is 691 g/mol. The van der Waals surface area contributed by atoms with E-state index in [1.165, 1.54) is 25.2 Å². The lowest BCUT2D eigenvalue weighted by Crippen LogP contribution is -2.60. The van der Waals surface area contributed by atoms with Gasteiger partial charge in [-0.25, -0.2) is 19.4 Å². The molecule has 3 heterocycles. The van der Waals surface area contributed by atoms with E-state index >= 15 is 0 Å². The van der Waals surface area contributed by atoms with Crippen molar-refractivity contribution in [3.05, 3.63) is 47.7 Å². The molecule has 0 spiro atoms. The van der Waals surface area contributed by atoms with Crippen LogP contribution in [-0.4, -0.2) is 97.0 Å². The van der Waals surface area contributed by atoms with Crippen LogP contribution in [0.15, 0.2) is 36.4 Å². The van der Waals surface area contributed by atoms with E-state index in [1.54, 1.807) is 0 Å². The summed E-state index contributed by atoms with van der Waals surface area (Å²) >= 11 is 0. The zero-order valence-electron chi connectivity index (χ0n) is 28.7. The number of nitrogens with zero attached hydrogens (tertiary/aromatic N) is 2. The molecule has 3 amide bonds. The summed E-state index contributed by atoms with van der Waals surface area (Å²) in [7, 11) is 2.55. The molecule has 14 heteroatoms. The minimum absolute atomic E-state index is 0.0216. The lowest BCUT2D eigenvalue weighted by Gasteiger charge is -2.30. The van der Waals surface area contributed by atoms with E-state index in [0.29, 0.717) is 36.0 Å². The largest absolute Gasteiger partial charge is 0.488 e. The predicted molar refractivity (Wildman–Crippen MR) is 180 cm³/mol. The van der Waals surface area contributed by atoms with Gasteiger partial charge in [0.05, 0.1) is 26.3 Å². The summed E-state index contributed by atoms with van der Waals surface area (Å²) in [4.78, 5) is 73.0. The highest BCUT2D eigenvalue weighted by atomic mass is 16.6. The van der Waals surface area contributed by atoms with Gasteiger partial charge in [0, 0.05) is 23.8 Å². The normalized spacial score (nSPS) is 27.9. The van der Waals surface area contributed by atoms with E-state index in [-0.39, 0.29) is 30.7 Å². The van der Waals surface area contributed by atoms with Crippen LogP contribution in [0, 0.1) is 12.8 Å². The highest BCUT2D eigenvalue weighted by Crippen LogP contribution is 2.46. The van der Waals surface area contributed by atoms with E-state index in [1.807, 2.05) is 37.3 Å². The fourth-order valence-corrected chi connectivity index (χ4v) is 7.23. The number of alkyl carbamates (subject to hydrolysis) is 1. The third kappa shape index (κ3) is 7.40. The minimum atomic E-state index is -1.24. The molecule has 4 aliphatic rings. The first-order valence-corrected chi connectivity index (χ1v) is 17.4. The van der Waals surface area contributed by atoms with Crippen molar-refractivity contribution in [2.24, 2.45) is 5.92 Å². The summed E-state index contributed by atoms with van der Waals surface area (Å²) in [5, 5.41) is 9.43. The van der Waals surface area contributed by atoms with Crippen molar-refractivity contribution < 1.29 is 42.9 Å². The Balaban J connectivity index is 1.32. The number of carbonyl (C=O) groups excluding carboxylic acids is 5. The molecule has 3 fully saturated rings. The van der Waals surface area contributed by atoms with Gasteiger partial charge in [-0.3, -0.25) is 20.2 Å². The molecule has 2 saturated carbocycles. The number of benzene rings is 1. The predicted octanol–water partition coefficient (Wildman–Crippen LogP) is 3.05. The lowest BCUT2D eigenvalue weighted by atomic mass is 10.1. The number of allylic oxidation sites excluding steroid dienone is 1. The number of carbonyl (C=O) groups is 5. The number of rotatable bonds is 6. The summed E-state index contributed by atoms with van der Waals surface area (Å²) in [6.07, 6.45) is 7.30. The Morgan fingerprint density at radius 2 is 1.84 bits per heavy atom. The van der Waals surface area contributed by atoms with Crippen molar-refractivity contribution in [1.29, 1.82) is 0 Å². The number of aryl methyl sites for hydroxylation is 1. The van der Waals surface area contributed by atoms with Gasteiger partial charge in [0.1, 0.15) is 29.5 Å². The van der Waals surface area contributed by atoms with E-state index < -0.39 is 53.7 Å². The number of hydrogen-bond acceptors (Lipinski definition) is 11. The van der Waals surface area contributed by atoms with Crippen LogP contribution in [0.4, 0.5) is 4.79 Å². The van der Waals surface area contributed by atoms with Gasteiger partial charge in [-0.2, -0.15) is 0 Å². The number of para-hydroxylation sites is 1. The number of hydrogen-bond donors (Lipinski definition) is 3. The van der Waals surface area contributed by atoms with Crippen molar-refractivity contribution in [3.63, 3.8) is 0 Å². The molecule has 1 saturated heterocycles. The number of esters is 2. The molecule has 2 aromatic rings. The Morgan fingerprint density at radius 1 is 1.04 bits per heavy atom. The topological polar surface area (TPSA) is 174 Å². The zero-order valence-corrected chi connectivity index (χ0v) is 28.7. The highest BCUT2D eigenvalue weighted by Gasteiger charge is 2.62. The maximum absolute atomic E-state index is 14.4. The van der Waals surface area contributed by atoms with Crippen molar-refractivity contribution >= 4 is 40.7 Å². The Hall–Kier alpha value is -4.72. The second-order valence-electron chi connectivity index (χ2n) is 13.5. The molecular weight excluding hydrogens is 646 g/mol. The Labute approximate surface area is 290 Å². The zero-order chi connectivity index (χ0) is 35.4. The SMILES string of the molecule is COC(=O)c1cc(O[C@@H]2C[C@H]3C(=O)N[C@]4(C(=O)OC)CC4/C=C\CCCCN[C@H](NC(=O)OC4CCCC4)C(=O)N3C2)c2cccc(C)c2n1. The van der Waals surface area contributed by atoms with Crippen molar-refractivity contribution in [2.75, 3.05) is 27.3 Å². The average molecular weight is 692 g/mol. The number of amides is 3. The molecule has 268 valence electrons. The van der Waals surface area contributed by atoms with E-state index in [4.69, 9.17) is 18.9 Å². The van der Waals surface area contributed by atoms with E-state index in [2.05, 4.69) is 20.9 Å². The Bertz CT molecular complexity index is 1670. The van der Waals surface area contributed by atoms with Gasteiger partial charge in [0.25, 0.3) is 5.91 Å². The molecule has 0 radical (unpaired) electrons. The van der Waals surface area contributed by atoms with Crippen LogP contribution in [0.25, 0.3) is 10.9 Å². The second kappa shape index (κ2) is 15.0. The van der Waals surface area contributed by atoms with E-state index in [9.17, 15) is 24.0 Å². The molecule has 1 aromatic carbocycles. The fraction of sp³-hybridized carbons (Fsp3) is 0.556. The van der Waals surface area contributed by atoms with Gasteiger partial charge in [0.2, 0.25) is 5.91 Å². The summed E-state index contributed by atoms with van der Waals surface area (Å²) in [5.74, 6) is -2.19. The molecule has 1 aromatic heterocycles. The molecule has 14 nitrogen and oxygen atoms in total. The molecule has 1 unspecified atom stereocenters. The van der Waals surface area contributed by atoms with Crippen LogP contribution in [0.1, 0.15) is 73.8 Å². The molecule has 2 aliphatic carbocycles. The summed E-state index contributed by atoms with van der Waals surface area (Å²) in [6.45, 7) is 2.27. The van der Waals surface area contributed by atoms with Crippen LogP contribution in [0.3, 0.4) is 0 Å². The Kier molecular flexibility index (Phi) is 10.6. The van der Waals surface area contributed by atoms with Crippen molar-refractivity contribution in [3.8, 4) is 5.75 Å². The highest BCUT2D eigenvalue weighted by molar-refractivity contribution is 5.97. The number of methoxy groups -OCH3 is 2. The summed E-state index contributed by atoms with van der Waals surface area (Å²) in [5.41, 5.74) is 0.172. The molecule has 0 bridgehead atoms. The van der Waals surface area contributed by atoms with Gasteiger partial charge in [-0.1, -0.05) is 24.3 Å². The summed E-state index contributed by atoms with van der Waals surface area (Å²) < 4.78 is 22.1. The molecule has 5 atom stereocenters. The molecule has 50 heavy (non-hydrogen) atoms. The number of nitrogens with one attached hydrogen (secondary N) is 3. The first-order chi connectivity index (χ1) is 24.1. The molecule has 3 N–H and O–H groups in total. The summed E-state index contributed by atoms with van der Waals surface area (Å²) in [6, 6.07) is 5.96. The lowest BCUT2D eigenvalue weighted by molar-refractivity contribution is -0.148. The smallest absolute Gasteiger partial charge is 0.409 e. The standard InChI is InChI=1S/C36H45N5O9/c1-21-11-10-15-25-28(18-26(33(44)47-2)38-29(21)25)49-24-17-27-31(42)40-36(34(45)48-3)19-22(36)12-6-4-5-9-16-37-30(32(43)41(27)20-24)39-35(46)50-23-13-7-8-14-23/h6,10-12,15,18,22-24,27,30,37H,4-5,7-9,13-14,16-17,19-20H2,1-3H3,(H,39,46)(H,40,42)/b12-6-/t22?,24-,27+,30-,36-/m1/s1. The van der Waals surface area contributed by atoms with Gasteiger partial charge >= 0.3 is 18.0 Å². The number of pyridine rings is 1. The van der Waals surface area contributed by atoms with Crippen molar-refractivity contribution in [1.82, 2.24) is 25.8 Å². The van der Waals surface area contributed by atoms with Crippen LogP contribution in [0.2, 0.25) is 0 Å². The average Bonchev–Trinajstić information content (AvgIpc) is 3.38. The third-order valence-corrected chi connectivity index (χ3v) is 10.0. The van der Waals surface area contributed by atoms with Gasteiger partial charge < -0.3 is 29.2 Å². The number of aromatic nitrogens is 1. The van der Waals surface area contributed by atoms with Crippen LogP contribution in [-0.2, 0) is 28.6 Å². The first kappa shape index (κ1) is 35.1. The quantitative estimate of drug-likeness (QED) is 0.231. The third-order valence-electron chi connectivity index (χ3n) is 10.0. The first-order valence-electron chi connectivity index (χ1n) is 17.4. The molecule has 6 rings (SSSR count). The maximum Gasteiger partial charge on any atom is 0.409 e. The van der Waals surface area contributed by atoms with Crippen LogP contribution < -0.4 is 20.7 Å². The Morgan fingerprint density at radius 3 is 2.60 bits per heavy atom. The van der Waals surface area contributed by atoms with E-state index in [0.717, 1.165) is 44.1 Å². The van der Waals surface area contributed by atoms with Crippen molar-refractivity contribution in [2.45, 2.75) is 94.7 Å². The van der Waals surface area contributed by atoms with Crippen LogP contribution >= 0.6 is 0 Å². The number of ether oxygens (including phenoxy) is 4. The minimum Gasteiger partial charge on any atom is -0.488 e. The van der Waals surface area contributed by atoms with Gasteiger partial charge in [-0.15, -0.1) is 0 Å². The van der Waals surface area contributed by atoms with Gasteiger partial charge in [-0.05, 0) is 76.5 Å². The fourth-order valence-electron chi connectivity index (χ4n) is 7.23. The number of fused-ring (bicyclic) bond motifs is 3.